The molecule has 1 aromatic rings. The molecule has 1 rings (SSSR count). The Morgan fingerprint density at radius 2 is 2.11 bits per heavy atom. The van der Waals surface area contributed by atoms with Gasteiger partial charge in [-0.3, -0.25) is 4.79 Å². The second-order valence-electron chi connectivity index (χ2n) is 3.74. The normalized spacial score (nSPS) is 13.4. The zero-order valence-electron chi connectivity index (χ0n) is 9.87. The second-order valence-corrected chi connectivity index (χ2v) is 3.74. The zero-order chi connectivity index (χ0) is 13.5. The Morgan fingerprint density at radius 1 is 1.50 bits per heavy atom. The Balaban J connectivity index is 2.54. The van der Waals surface area contributed by atoms with Crippen molar-refractivity contribution in [1.82, 2.24) is 15.3 Å². The van der Waals surface area contributed by atoms with Crippen molar-refractivity contribution in [2.45, 2.75) is 25.6 Å². The molecule has 7 heteroatoms. The first-order valence-electron chi connectivity index (χ1n) is 5.37. The average molecular weight is 250 g/mol. The van der Waals surface area contributed by atoms with Crippen LogP contribution in [0.25, 0.3) is 0 Å². The topological polar surface area (TPSA) is 119 Å². The summed E-state index contributed by atoms with van der Waals surface area (Å²) in [5, 5.41) is 30.5. The number of carbonyl (C=O) groups is 1. The maximum atomic E-state index is 10.6. The van der Waals surface area contributed by atoms with Gasteiger partial charge in [-0.25, -0.2) is 9.97 Å². The fraction of sp³-hybridized carbons (Fsp3) is 0.455. The maximum Gasteiger partial charge on any atom is 0.232 e. The lowest BCUT2D eigenvalue weighted by atomic mass is 10.1. The van der Waals surface area contributed by atoms with E-state index in [0.717, 1.165) is 0 Å². The van der Waals surface area contributed by atoms with Gasteiger partial charge in [0.15, 0.2) is 0 Å². The molecule has 7 nitrogen and oxygen atoms in total. The number of nitriles is 1. The number of nitrogens with one attached hydrogen (secondary N) is 1. The summed E-state index contributed by atoms with van der Waals surface area (Å²) < 4.78 is 0. The minimum atomic E-state index is -1.15. The molecule has 0 fully saturated rings. The molecule has 0 aliphatic carbocycles. The molecule has 1 heterocycles. The Morgan fingerprint density at radius 3 is 2.61 bits per heavy atom. The molecule has 18 heavy (non-hydrogen) atoms. The Bertz CT molecular complexity index is 441. The van der Waals surface area contributed by atoms with E-state index in [1.807, 2.05) is 0 Å². The van der Waals surface area contributed by atoms with Crippen LogP contribution in [-0.2, 0) is 4.79 Å². The Labute approximate surface area is 104 Å². The number of rotatable bonds is 5. The van der Waals surface area contributed by atoms with Crippen LogP contribution in [0.4, 0.5) is 0 Å². The summed E-state index contributed by atoms with van der Waals surface area (Å²) in [7, 11) is 0. The highest BCUT2D eigenvalue weighted by molar-refractivity contribution is 5.72. The van der Waals surface area contributed by atoms with Crippen molar-refractivity contribution in [3.05, 3.63) is 23.8 Å². The summed E-state index contributed by atoms with van der Waals surface area (Å²) in [5.41, 5.74) is 0.323. The van der Waals surface area contributed by atoms with Gasteiger partial charge in [0.2, 0.25) is 11.7 Å². The van der Waals surface area contributed by atoms with Crippen molar-refractivity contribution < 1.29 is 15.0 Å². The molecule has 1 amide bonds. The van der Waals surface area contributed by atoms with Gasteiger partial charge in [0, 0.05) is 31.4 Å². The molecule has 0 radical (unpaired) electrons. The molecule has 3 N–H and O–H groups in total. The molecule has 0 saturated heterocycles. The fourth-order valence-electron chi connectivity index (χ4n) is 1.32. The molecule has 0 aromatic carbocycles. The lowest BCUT2D eigenvalue weighted by molar-refractivity contribution is -0.119. The van der Waals surface area contributed by atoms with Crippen LogP contribution in [0, 0.1) is 11.3 Å². The zero-order valence-corrected chi connectivity index (χ0v) is 9.87. The number of hydrogen-bond donors (Lipinski definition) is 3. The van der Waals surface area contributed by atoms with Crippen molar-refractivity contribution in [2.75, 3.05) is 6.54 Å². The van der Waals surface area contributed by atoms with E-state index in [9.17, 15) is 15.0 Å². The van der Waals surface area contributed by atoms with E-state index in [1.54, 1.807) is 6.07 Å². The van der Waals surface area contributed by atoms with Gasteiger partial charge < -0.3 is 15.5 Å². The lowest BCUT2D eigenvalue weighted by Crippen LogP contribution is -2.27. The van der Waals surface area contributed by atoms with Crippen molar-refractivity contribution in [3.8, 4) is 6.07 Å². The number of aliphatic hydroxyl groups excluding tert-OH is 2. The van der Waals surface area contributed by atoms with E-state index in [0.29, 0.717) is 5.56 Å². The summed E-state index contributed by atoms with van der Waals surface area (Å²) in [4.78, 5) is 18.0. The van der Waals surface area contributed by atoms with Crippen LogP contribution in [0.5, 0.6) is 0 Å². The van der Waals surface area contributed by atoms with Gasteiger partial charge in [-0.2, -0.15) is 5.26 Å². The van der Waals surface area contributed by atoms with Gasteiger partial charge in [-0.15, -0.1) is 0 Å². The molecular formula is C11H14N4O3. The molecule has 1 aromatic heterocycles. The third-order valence-corrected chi connectivity index (χ3v) is 2.29. The van der Waals surface area contributed by atoms with E-state index >= 15 is 0 Å². The van der Waals surface area contributed by atoms with Gasteiger partial charge >= 0.3 is 0 Å². The molecular weight excluding hydrogens is 236 g/mol. The molecule has 0 saturated carbocycles. The summed E-state index contributed by atoms with van der Waals surface area (Å²) in [6, 6.07) is 1.76. The van der Waals surface area contributed by atoms with Gasteiger partial charge in [0.25, 0.3) is 0 Å². The standard InChI is InChI=1S/C11H14N4O3/c1-7(16)13-3-2-9(17)11(18)8-5-14-10(4-12)15-6-8/h5-6,9,11,17-18H,2-3H2,1H3,(H,13,16). The first-order valence-corrected chi connectivity index (χ1v) is 5.37. The molecule has 96 valence electrons. The van der Waals surface area contributed by atoms with Crippen LogP contribution in [0.3, 0.4) is 0 Å². The first kappa shape index (κ1) is 14.0. The molecule has 2 atom stereocenters. The van der Waals surface area contributed by atoms with Gasteiger partial charge in [-0.05, 0) is 6.42 Å². The SMILES string of the molecule is CC(=O)NCCC(O)C(O)c1cnc(C#N)nc1. The summed E-state index contributed by atoms with van der Waals surface area (Å²) >= 11 is 0. The first-order chi connectivity index (χ1) is 8.54. The number of hydrogen-bond acceptors (Lipinski definition) is 6. The van der Waals surface area contributed by atoms with E-state index < -0.39 is 12.2 Å². The van der Waals surface area contributed by atoms with E-state index in [1.165, 1.54) is 19.3 Å². The number of carbonyl (C=O) groups excluding carboxylic acids is 1. The van der Waals surface area contributed by atoms with E-state index in [4.69, 9.17) is 5.26 Å². The van der Waals surface area contributed by atoms with Crippen LogP contribution in [0.15, 0.2) is 12.4 Å². The summed E-state index contributed by atoms with van der Waals surface area (Å²) in [6.07, 6.45) is 0.607. The maximum absolute atomic E-state index is 10.6. The van der Waals surface area contributed by atoms with Crippen LogP contribution in [0.2, 0.25) is 0 Å². The second kappa shape index (κ2) is 6.64. The molecule has 0 spiro atoms. The number of amides is 1. The molecule has 0 bridgehead atoms. The quantitative estimate of drug-likeness (QED) is 0.633. The third-order valence-electron chi connectivity index (χ3n) is 2.29. The van der Waals surface area contributed by atoms with Crippen LogP contribution in [0.1, 0.15) is 30.8 Å². The Kier molecular flexibility index (Phi) is 5.17. The van der Waals surface area contributed by atoms with Crippen LogP contribution < -0.4 is 5.32 Å². The van der Waals surface area contributed by atoms with Crippen molar-refractivity contribution in [3.63, 3.8) is 0 Å². The van der Waals surface area contributed by atoms with Crippen molar-refractivity contribution >= 4 is 5.91 Å². The van der Waals surface area contributed by atoms with E-state index in [2.05, 4.69) is 15.3 Å². The molecule has 0 aliphatic rings. The van der Waals surface area contributed by atoms with Crippen LogP contribution >= 0.6 is 0 Å². The highest BCUT2D eigenvalue weighted by atomic mass is 16.3. The predicted octanol–water partition coefficient (Wildman–Crippen LogP) is -0.731. The van der Waals surface area contributed by atoms with Gasteiger partial charge in [0.1, 0.15) is 12.2 Å². The highest BCUT2D eigenvalue weighted by Gasteiger charge is 2.18. The smallest absolute Gasteiger partial charge is 0.232 e. The predicted molar refractivity (Wildman–Crippen MR) is 61.0 cm³/mol. The third kappa shape index (κ3) is 4.08. The molecule has 0 aliphatic heterocycles. The number of nitrogens with zero attached hydrogens (tertiary/aromatic N) is 3. The van der Waals surface area contributed by atoms with E-state index in [-0.39, 0.29) is 24.7 Å². The summed E-state index contributed by atoms with van der Waals surface area (Å²) in [6.45, 7) is 1.64. The highest BCUT2D eigenvalue weighted by Crippen LogP contribution is 2.16. The van der Waals surface area contributed by atoms with Gasteiger partial charge in [0.05, 0.1) is 6.10 Å². The lowest BCUT2D eigenvalue weighted by Gasteiger charge is -2.17. The number of aliphatic hydroxyl groups is 2. The van der Waals surface area contributed by atoms with Crippen molar-refractivity contribution in [1.29, 1.82) is 5.26 Å². The minimum absolute atomic E-state index is 0.00122. The molecule has 2 unspecified atom stereocenters. The monoisotopic (exact) mass is 250 g/mol. The number of aromatic nitrogens is 2. The van der Waals surface area contributed by atoms with Gasteiger partial charge in [-0.1, -0.05) is 0 Å². The minimum Gasteiger partial charge on any atom is -0.390 e. The fourth-order valence-corrected chi connectivity index (χ4v) is 1.32. The van der Waals surface area contributed by atoms with Crippen molar-refractivity contribution in [2.24, 2.45) is 0 Å². The largest absolute Gasteiger partial charge is 0.390 e. The average Bonchev–Trinajstić information content (AvgIpc) is 2.37. The Hall–Kier alpha value is -2.04. The summed E-state index contributed by atoms with van der Waals surface area (Å²) in [5.74, 6) is -0.197. The van der Waals surface area contributed by atoms with Crippen LogP contribution in [-0.4, -0.2) is 38.7 Å².